The van der Waals surface area contributed by atoms with Gasteiger partial charge >= 0.3 is 0 Å². The molecular formula is C12H10N2O4. The molecule has 2 rings (SSSR count). The lowest BCUT2D eigenvalue weighted by atomic mass is 10.2. The van der Waals surface area contributed by atoms with Gasteiger partial charge in [0.25, 0.3) is 5.69 Å². The zero-order chi connectivity index (χ0) is 13.0. The number of furan rings is 1. The third-order valence-corrected chi connectivity index (χ3v) is 2.27. The molecule has 18 heavy (non-hydrogen) atoms. The molecule has 0 amide bonds. The number of rotatable bonds is 4. The van der Waals surface area contributed by atoms with Crippen LogP contribution >= 0.6 is 0 Å². The van der Waals surface area contributed by atoms with Crippen LogP contribution in [0.1, 0.15) is 11.3 Å². The lowest BCUT2D eigenvalue weighted by Gasteiger charge is -1.98. The predicted octanol–water partition coefficient (Wildman–Crippen LogP) is 2.51. The minimum Gasteiger partial charge on any atom is -0.508 e. The van der Waals surface area contributed by atoms with E-state index < -0.39 is 4.92 Å². The summed E-state index contributed by atoms with van der Waals surface area (Å²) in [7, 11) is 0. The summed E-state index contributed by atoms with van der Waals surface area (Å²) >= 11 is 0. The second kappa shape index (κ2) is 5.13. The molecule has 0 aliphatic carbocycles. The van der Waals surface area contributed by atoms with E-state index in [0.29, 0.717) is 12.3 Å². The van der Waals surface area contributed by atoms with Gasteiger partial charge in [-0.05, 0) is 24.3 Å². The molecule has 0 fully saturated rings. The van der Waals surface area contributed by atoms with Crippen molar-refractivity contribution in [3.05, 3.63) is 58.0 Å². The van der Waals surface area contributed by atoms with Crippen molar-refractivity contribution in [3.8, 4) is 5.75 Å². The van der Waals surface area contributed by atoms with E-state index in [2.05, 4.69) is 4.99 Å². The molecule has 2 aromatic rings. The Balaban J connectivity index is 2.19. The van der Waals surface area contributed by atoms with Crippen LogP contribution in [0.25, 0.3) is 0 Å². The Morgan fingerprint density at radius 2 is 2.28 bits per heavy atom. The minimum absolute atomic E-state index is 0.0416. The fourth-order valence-corrected chi connectivity index (χ4v) is 1.45. The van der Waals surface area contributed by atoms with Gasteiger partial charge in [-0.1, -0.05) is 0 Å². The second-order valence-corrected chi connectivity index (χ2v) is 3.55. The maximum atomic E-state index is 10.8. The molecule has 0 unspecified atom stereocenters. The number of phenolic OH excluding ortho intramolecular Hbond substituents is 1. The molecule has 1 N–H and O–H groups in total. The van der Waals surface area contributed by atoms with E-state index in [0.717, 1.165) is 0 Å². The Bertz CT molecular complexity index is 576. The Hall–Kier alpha value is -2.63. The molecule has 6 nitrogen and oxygen atoms in total. The van der Waals surface area contributed by atoms with E-state index in [1.165, 1.54) is 30.7 Å². The summed E-state index contributed by atoms with van der Waals surface area (Å²) < 4.78 is 5.08. The summed E-state index contributed by atoms with van der Waals surface area (Å²) in [6.45, 7) is 0.291. The second-order valence-electron chi connectivity index (χ2n) is 3.55. The number of nitro benzene ring substituents is 1. The van der Waals surface area contributed by atoms with Gasteiger partial charge in [0.2, 0.25) is 0 Å². The molecule has 1 heterocycles. The van der Waals surface area contributed by atoms with Crippen LogP contribution in [0.15, 0.2) is 46.0 Å². The normalized spacial score (nSPS) is 10.9. The van der Waals surface area contributed by atoms with Crippen molar-refractivity contribution in [2.24, 2.45) is 4.99 Å². The topological polar surface area (TPSA) is 88.9 Å². The molecule has 92 valence electrons. The summed E-state index contributed by atoms with van der Waals surface area (Å²) in [6.07, 6.45) is 2.88. The maximum Gasteiger partial charge on any atom is 0.278 e. The van der Waals surface area contributed by atoms with Gasteiger partial charge in [-0.3, -0.25) is 15.1 Å². The van der Waals surface area contributed by atoms with Gasteiger partial charge in [-0.15, -0.1) is 0 Å². The van der Waals surface area contributed by atoms with E-state index in [9.17, 15) is 15.2 Å². The summed E-state index contributed by atoms with van der Waals surface area (Å²) in [5.41, 5.74) is 0.155. The smallest absolute Gasteiger partial charge is 0.278 e. The number of aliphatic imine (C=N–C) groups is 1. The van der Waals surface area contributed by atoms with E-state index in [1.807, 2.05) is 0 Å². The summed E-state index contributed by atoms with van der Waals surface area (Å²) in [4.78, 5) is 14.3. The molecule has 6 heteroatoms. The first-order valence-corrected chi connectivity index (χ1v) is 5.16. The number of nitrogens with zero attached hydrogens (tertiary/aromatic N) is 2. The Labute approximate surface area is 102 Å². The number of benzene rings is 1. The Kier molecular flexibility index (Phi) is 3.38. The number of phenols is 1. The zero-order valence-corrected chi connectivity index (χ0v) is 9.31. The monoisotopic (exact) mass is 246 g/mol. The highest BCUT2D eigenvalue weighted by Gasteiger charge is 2.12. The summed E-state index contributed by atoms with van der Waals surface area (Å²) in [6, 6.07) is 7.30. The van der Waals surface area contributed by atoms with Crippen LogP contribution in [0.2, 0.25) is 0 Å². The lowest BCUT2D eigenvalue weighted by Crippen LogP contribution is -1.94. The van der Waals surface area contributed by atoms with E-state index >= 15 is 0 Å². The first-order chi connectivity index (χ1) is 8.66. The zero-order valence-electron chi connectivity index (χ0n) is 9.31. The van der Waals surface area contributed by atoms with Gasteiger partial charge in [0, 0.05) is 12.3 Å². The summed E-state index contributed by atoms with van der Waals surface area (Å²) in [5, 5.41) is 20.1. The fraction of sp³-hybridized carbons (Fsp3) is 0.0833. The highest BCUT2D eigenvalue weighted by atomic mass is 16.6. The van der Waals surface area contributed by atoms with E-state index in [1.54, 1.807) is 12.1 Å². The highest BCUT2D eigenvalue weighted by molar-refractivity contribution is 5.85. The molecule has 1 aromatic heterocycles. The standard InChI is InChI=1S/C12H10N2O4/c15-10-3-4-12(14(16)17)9(6-10)7-13-8-11-2-1-5-18-11/h1-7,15H,8H2. The largest absolute Gasteiger partial charge is 0.508 e. The van der Waals surface area contributed by atoms with Crippen molar-refractivity contribution in [2.45, 2.75) is 6.54 Å². The van der Waals surface area contributed by atoms with Gasteiger partial charge in [0.1, 0.15) is 11.5 Å². The average molecular weight is 246 g/mol. The third-order valence-electron chi connectivity index (χ3n) is 2.27. The average Bonchev–Trinajstić information content (AvgIpc) is 2.82. The van der Waals surface area contributed by atoms with Gasteiger partial charge in [0.15, 0.2) is 0 Å². The fourth-order valence-electron chi connectivity index (χ4n) is 1.45. The van der Waals surface area contributed by atoms with Gasteiger partial charge in [0.05, 0.1) is 23.3 Å². The molecule has 0 bridgehead atoms. The van der Waals surface area contributed by atoms with Crippen molar-refractivity contribution >= 4 is 11.9 Å². The molecule has 1 aromatic carbocycles. The molecular weight excluding hydrogens is 236 g/mol. The molecule has 0 radical (unpaired) electrons. The Morgan fingerprint density at radius 1 is 1.44 bits per heavy atom. The molecule has 0 saturated heterocycles. The lowest BCUT2D eigenvalue weighted by molar-refractivity contribution is -0.385. The van der Waals surface area contributed by atoms with Gasteiger partial charge in [-0.25, -0.2) is 0 Å². The highest BCUT2D eigenvalue weighted by Crippen LogP contribution is 2.21. The van der Waals surface area contributed by atoms with Crippen molar-refractivity contribution in [1.29, 1.82) is 0 Å². The van der Waals surface area contributed by atoms with Crippen LogP contribution in [0.3, 0.4) is 0 Å². The molecule has 0 aliphatic heterocycles. The number of hydrogen-bond acceptors (Lipinski definition) is 5. The van der Waals surface area contributed by atoms with E-state index in [4.69, 9.17) is 4.42 Å². The minimum atomic E-state index is -0.520. The molecule has 0 saturated carbocycles. The van der Waals surface area contributed by atoms with Crippen molar-refractivity contribution < 1.29 is 14.4 Å². The van der Waals surface area contributed by atoms with Crippen molar-refractivity contribution in [3.63, 3.8) is 0 Å². The first-order valence-electron chi connectivity index (χ1n) is 5.16. The first kappa shape index (κ1) is 11.8. The van der Waals surface area contributed by atoms with Crippen LogP contribution in [-0.4, -0.2) is 16.2 Å². The van der Waals surface area contributed by atoms with Crippen LogP contribution in [0.5, 0.6) is 5.75 Å². The third kappa shape index (κ3) is 2.73. The number of aromatic hydroxyl groups is 1. The quantitative estimate of drug-likeness (QED) is 0.510. The Morgan fingerprint density at radius 3 is 2.94 bits per heavy atom. The SMILES string of the molecule is O=[N+]([O-])c1ccc(O)cc1C=NCc1ccco1. The number of nitro groups is 1. The van der Waals surface area contributed by atoms with Crippen molar-refractivity contribution in [2.75, 3.05) is 0 Å². The maximum absolute atomic E-state index is 10.8. The number of hydrogen-bond donors (Lipinski definition) is 1. The molecule has 0 aliphatic rings. The van der Waals surface area contributed by atoms with Crippen LogP contribution < -0.4 is 0 Å². The van der Waals surface area contributed by atoms with Crippen LogP contribution in [-0.2, 0) is 6.54 Å². The van der Waals surface area contributed by atoms with Gasteiger partial charge in [-0.2, -0.15) is 0 Å². The molecule has 0 atom stereocenters. The summed E-state index contributed by atoms with van der Waals surface area (Å²) in [5.74, 6) is 0.620. The van der Waals surface area contributed by atoms with Crippen molar-refractivity contribution in [1.82, 2.24) is 0 Å². The van der Waals surface area contributed by atoms with E-state index in [-0.39, 0.29) is 17.0 Å². The molecule has 0 spiro atoms. The van der Waals surface area contributed by atoms with Crippen LogP contribution in [0.4, 0.5) is 5.69 Å². The van der Waals surface area contributed by atoms with Crippen LogP contribution in [0, 0.1) is 10.1 Å². The van der Waals surface area contributed by atoms with Gasteiger partial charge < -0.3 is 9.52 Å². The predicted molar refractivity (Wildman–Crippen MR) is 64.8 cm³/mol.